The summed E-state index contributed by atoms with van der Waals surface area (Å²) >= 11 is 23.1. The minimum Gasteiger partial charge on any atom is -0.478 e. The zero-order chi connectivity index (χ0) is 23.2. The maximum Gasteiger partial charge on any atom is 0.416 e. The number of anilines is 1. The van der Waals surface area contributed by atoms with Crippen LogP contribution in [0.15, 0.2) is 18.2 Å². The van der Waals surface area contributed by atoms with Gasteiger partial charge in [-0.15, -0.1) is 0 Å². The van der Waals surface area contributed by atoms with Crippen molar-refractivity contribution in [3.05, 3.63) is 60.5 Å². The van der Waals surface area contributed by atoms with Crippen LogP contribution in [0.4, 0.5) is 32.0 Å². The van der Waals surface area contributed by atoms with Crippen molar-refractivity contribution in [1.29, 1.82) is 0 Å². The number of hydrogen-bond acceptors (Lipinski definition) is 2. The summed E-state index contributed by atoms with van der Waals surface area (Å²) in [4.78, 5) is 24.0. The molecule has 0 fully saturated rings. The summed E-state index contributed by atoms with van der Waals surface area (Å²) in [6.45, 7) is 0. The summed E-state index contributed by atoms with van der Waals surface area (Å²) in [7, 11) is 0. The van der Waals surface area contributed by atoms with Gasteiger partial charge in [0.2, 0.25) is 0 Å². The van der Waals surface area contributed by atoms with Crippen molar-refractivity contribution in [1.82, 2.24) is 0 Å². The maximum absolute atomic E-state index is 13.0. The number of hydrogen-bond donors (Lipinski definition) is 2. The number of halogens is 10. The lowest BCUT2D eigenvalue weighted by Gasteiger charge is -2.16. The molecule has 0 unspecified atom stereocenters. The monoisotopic (exact) mass is 513 g/mol. The lowest BCUT2D eigenvalue weighted by Crippen LogP contribution is -2.19. The third-order valence-corrected chi connectivity index (χ3v) is 5.36. The molecule has 2 aromatic rings. The van der Waals surface area contributed by atoms with Gasteiger partial charge in [0.25, 0.3) is 5.91 Å². The van der Waals surface area contributed by atoms with Gasteiger partial charge in [0.05, 0.1) is 42.3 Å². The molecule has 2 aromatic carbocycles. The fraction of sp³-hybridized carbons (Fsp3) is 0.125. The SMILES string of the molecule is O=C(O)c1c(Cl)c(Cl)c(Cl)c(Cl)c1C(=O)Nc1cc(C(F)(F)F)cc(C(F)(F)F)c1. The molecule has 0 spiro atoms. The molecule has 162 valence electrons. The van der Waals surface area contributed by atoms with Crippen LogP contribution in [-0.2, 0) is 12.4 Å². The Bertz CT molecular complexity index is 1020. The van der Waals surface area contributed by atoms with Gasteiger partial charge in [0.15, 0.2) is 0 Å². The Hall–Kier alpha value is -1.88. The van der Waals surface area contributed by atoms with Crippen LogP contribution < -0.4 is 5.32 Å². The molecule has 0 aliphatic rings. The Kier molecular flexibility index (Phi) is 6.78. The first-order chi connectivity index (χ1) is 13.6. The highest BCUT2D eigenvalue weighted by molar-refractivity contribution is 6.54. The zero-order valence-corrected chi connectivity index (χ0v) is 16.8. The van der Waals surface area contributed by atoms with Crippen LogP contribution >= 0.6 is 46.4 Å². The number of rotatable bonds is 3. The van der Waals surface area contributed by atoms with Crippen molar-refractivity contribution in [3.63, 3.8) is 0 Å². The third kappa shape index (κ3) is 4.88. The van der Waals surface area contributed by atoms with Crippen LogP contribution in [0.1, 0.15) is 31.8 Å². The highest BCUT2D eigenvalue weighted by Crippen LogP contribution is 2.42. The topological polar surface area (TPSA) is 66.4 Å². The summed E-state index contributed by atoms with van der Waals surface area (Å²) in [5, 5.41) is 8.54. The van der Waals surface area contributed by atoms with E-state index in [1.165, 1.54) is 0 Å². The fourth-order valence-electron chi connectivity index (χ4n) is 2.27. The van der Waals surface area contributed by atoms with E-state index in [0.29, 0.717) is 0 Å². The molecular formula is C16H5Cl4F6NO3. The van der Waals surface area contributed by atoms with Crippen molar-refractivity contribution in [3.8, 4) is 0 Å². The minimum absolute atomic E-state index is 0.151. The van der Waals surface area contributed by atoms with Gasteiger partial charge in [-0.1, -0.05) is 46.4 Å². The van der Waals surface area contributed by atoms with Crippen molar-refractivity contribution in [2.24, 2.45) is 0 Å². The van der Waals surface area contributed by atoms with Crippen molar-refractivity contribution >= 4 is 64.0 Å². The van der Waals surface area contributed by atoms with Crippen LogP contribution in [0, 0.1) is 0 Å². The number of aromatic carboxylic acids is 1. The van der Waals surface area contributed by atoms with E-state index in [2.05, 4.69) is 0 Å². The second-order valence-electron chi connectivity index (χ2n) is 5.56. The van der Waals surface area contributed by atoms with E-state index in [4.69, 9.17) is 46.4 Å². The fourth-order valence-corrected chi connectivity index (χ4v) is 3.29. The van der Waals surface area contributed by atoms with Crippen molar-refractivity contribution in [2.75, 3.05) is 5.32 Å². The van der Waals surface area contributed by atoms with E-state index < -0.39 is 72.3 Å². The molecule has 2 N–H and O–H groups in total. The smallest absolute Gasteiger partial charge is 0.416 e. The first-order valence-electron chi connectivity index (χ1n) is 7.25. The molecule has 0 aliphatic heterocycles. The van der Waals surface area contributed by atoms with Crippen molar-refractivity contribution < 1.29 is 41.0 Å². The van der Waals surface area contributed by atoms with Gasteiger partial charge in [-0.2, -0.15) is 26.3 Å². The zero-order valence-electron chi connectivity index (χ0n) is 13.8. The lowest BCUT2D eigenvalue weighted by atomic mass is 10.0. The standard InChI is InChI=1S/C16H5Cl4F6NO3/c17-9-7(8(14(29)30)10(18)12(20)11(9)19)13(28)27-6-2-4(15(21,22)23)1-5(3-6)16(24,25)26/h1-3H,(H,27,28)(H,29,30). The first kappa shape index (κ1) is 24.4. The Balaban J connectivity index is 2.65. The molecule has 14 heteroatoms. The Labute approximate surface area is 183 Å². The van der Waals surface area contributed by atoms with Crippen LogP contribution in [0.25, 0.3) is 0 Å². The number of carboxylic acid groups (broad SMARTS) is 1. The molecule has 2 rings (SSSR count). The highest BCUT2D eigenvalue weighted by atomic mass is 35.5. The van der Waals surface area contributed by atoms with Crippen LogP contribution in [0.2, 0.25) is 20.1 Å². The Morgan fingerprint density at radius 3 is 1.50 bits per heavy atom. The molecule has 30 heavy (non-hydrogen) atoms. The molecule has 0 aliphatic carbocycles. The van der Waals surface area contributed by atoms with Gasteiger partial charge >= 0.3 is 18.3 Å². The number of carboxylic acids is 1. The number of carbonyl (C=O) groups is 2. The van der Waals surface area contributed by atoms with E-state index in [1.807, 2.05) is 0 Å². The van der Waals surface area contributed by atoms with E-state index in [-0.39, 0.29) is 18.2 Å². The third-order valence-electron chi connectivity index (χ3n) is 3.55. The molecule has 0 bridgehead atoms. The lowest BCUT2D eigenvalue weighted by molar-refractivity contribution is -0.143. The molecule has 0 atom stereocenters. The summed E-state index contributed by atoms with van der Waals surface area (Å²) in [6.07, 6.45) is -10.3. The predicted molar refractivity (Wildman–Crippen MR) is 97.8 cm³/mol. The van der Waals surface area contributed by atoms with E-state index in [1.54, 1.807) is 5.32 Å². The van der Waals surface area contributed by atoms with E-state index >= 15 is 0 Å². The second-order valence-corrected chi connectivity index (χ2v) is 7.07. The van der Waals surface area contributed by atoms with Gasteiger partial charge < -0.3 is 10.4 Å². The number of amides is 1. The molecule has 0 aromatic heterocycles. The normalized spacial score (nSPS) is 12.1. The Morgan fingerprint density at radius 2 is 1.13 bits per heavy atom. The van der Waals surface area contributed by atoms with Gasteiger partial charge in [-0.05, 0) is 18.2 Å². The quantitative estimate of drug-likeness (QED) is 0.257. The van der Waals surface area contributed by atoms with Crippen LogP contribution in [0.5, 0.6) is 0 Å². The highest BCUT2D eigenvalue weighted by Gasteiger charge is 2.37. The molecule has 1 amide bonds. The minimum atomic E-state index is -5.17. The molecule has 0 saturated carbocycles. The number of carbonyl (C=O) groups excluding carboxylic acids is 1. The summed E-state index contributed by atoms with van der Waals surface area (Å²) < 4.78 is 77.7. The summed E-state index contributed by atoms with van der Waals surface area (Å²) in [5.74, 6) is -3.28. The number of nitrogens with one attached hydrogen (secondary N) is 1. The van der Waals surface area contributed by atoms with E-state index in [9.17, 15) is 41.0 Å². The van der Waals surface area contributed by atoms with E-state index in [0.717, 1.165) is 0 Å². The predicted octanol–water partition coefficient (Wildman–Crippen LogP) is 7.29. The molecule has 0 radical (unpaired) electrons. The van der Waals surface area contributed by atoms with Crippen molar-refractivity contribution in [2.45, 2.75) is 12.4 Å². The second kappa shape index (κ2) is 8.33. The maximum atomic E-state index is 13.0. The van der Waals surface area contributed by atoms with Gasteiger partial charge in [-0.25, -0.2) is 4.79 Å². The van der Waals surface area contributed by atoms with Gasteiger partial charge in [0, 0.05) is 5.69 Å². The molecular weight excluding hydrogens is 510 g/mol. The summed E-state index contributed by atoms with van der Waals surface area (Å²) in [5.41, 5.74) is -6.20. The van der Waals surface area contributed by atoms with Crippen LogP contribution in [0.3, 0.4) is 0 Å². The average Bonchev–Trinajstić information content (AvgIpc) is 2.60. The average molecular weight is 515 g/mol. The Morgan fingerprint density at radius 1 is 0.733 bits per heavy atom. The summed E-state index contributed by atoms with van der Waals surface area (Å²) in [6, 6.07) is 0.294. The first-order valence-corrected chi connectivity index (χ1v) is 8.77. The molecule has 0 heterocycles. The number of benzene rings is 2. The molecule has 0 saturated heterocycles. The van der Waals surface area contributed by atoms with Gasteiger partial charge in [-0.3, -0.25) is 4.79 Å². The van der Waals surface area contributed by atoms with Gasteiger partial charge in [0.1, 0.15) is 0 Å². The largest absolute Gasteiger partial charge is 0.478 e. The molecule has 4 nitrogen and oxygen atoms in total. The number of alkyl halides is 6. The van der Waals surface area contributed by atoms with Crippen LogP contribution in [-0.4, -0.2) is 17.0 Å².